The molecule has 7 heteroatoms. The first kappa shape index (κ1) is 14.6. The molecule has 0 fully saturated rings. The van der Waals surface area contributed by atoms with E-state index in [9.17, 15) is 9.59 Å². The van der Waals surface area contributed by atoms with E-state index in [1.165, 1.54) is 6.07 Å². The molecule has 2 amide bonds. The molecule has 3 N–H and O–H groups in total. The van der Waals surface area contributed by atoms with Crippen molar-refractivity contribution in [1.29, 1.82) is 0 Å². The zero-order valence-corrected chi connectivity index (χ0v) is 11.4. The van der Waals surface area contributed by atoms with Crippen LogP contribution in [0.15, 0.2) is 35.0 Å². The van der Waals surface area contributed by atoms with E-state index < -0.39 is 5.97 Å². The van der Waals surface area contributed by atoms with Crippen molar-refractivity contribution in [3.63, 3.8) is 0 Å². The average molecular weight is 289 g/mol. The second kappa shape index (κ2) is 6.56. The van der Waals surface area contributed by atoms with Gasteiger partial charge in [-0.25, -0.2) is 9.59 Å². The van der Waals surface area contributed by atoms with E-state index >= 15 is 0 Å². The highest BCUT2D eigenvalue weighted by molar-refractivity contribution is 5.88. The number of hydrogen-bond acceptors (Lipinski definition) is 4. The Morgan fingerprint density at radius 1 is 1.33 bits per heavy atom. The Morgan fingerprint density at radius 2 is 2.10 bits per heavy atom. The van der Waals surface area contributed by atoms with Crippen LogP contribution in [0.5, 0.6) is 0 Å². The Morgan fingerprint density at radius 3 is 2.71 bits per heavy atom. The lowest BCUT2D eigenvalue weighted by molar-refractivity contribution is 0.0695. The van der Waals surface area contributed by atoms with Crippen LogP contribution >= 0.6 is 0 Å². The minimum Gasteiger partial charge on any atom is -0.478 e. The van der Waals surface area contributed by atoms with Crippen LogP contribution in [0, 0.1) is 6.92 Å². The van der Waals surface area contributed by atoms with Crippen molar-refractivity contribution in [2.75, 3.05) is 0 Å². The van der Waals surface area contributed by atoms with Crippen molar-refractivity contribution in [2.45, 2.75) is 20.0 Å². The normalized spacial score (nSPS) is 10.1. The van der Waals surface area contributed by atoms with Crippen molar-refractivity contribution in [2.24, 2.45) is 0 Å². The van der Waals surface area contributed by atoms with Gasteiger partial charge in [0.05, 0.1) is 6.54 Å². The first-order valence-electron chi connectivity index (χ1n) is 6.29. The highest BCUT2D eigenvalue weighted by Gasteiger charge is 2.13. The minimum atomic E-state index is -1.05. The van der Waals surface area contributed by atoms with Crippen LogP contribution in [0.2, 0.25) is 0 Å². The standard InChI is InChI=1S/C14H15N3O4/c1-9-12(13(18)19)5-11(21-9)8-17-14(20)16-7-10-3-2-4-15-6-10/h2-6H,7-8H2,1H3,(H,18,19)(H2,16,17,20). The van der Waals surface area contributed by atoms with Gasteiger partial charge in [-0.1, -0.05) is 6.07 Å². The van der Waals surface area contributed by atoms with Gasteiger partial charge in [0.1, 0.15) is 17.1 Å². The highest BCUT2D eigenvalue weighted by atomic mass is 16.4. The SMILES string of the molecule is Cc1oc(CNC(=O)NCc2cccnc2)cc1C(=O)O. The number of aromatic carboxylic acids is 1. The maximum Gasteiger partial charge on any atom is 0.339 e. The summed E-state index contributed by atoms with van der Waals surface area (Å²) in [4.78, 5) is 26.4. The van der Waals surface area contributed by atoms with Crippen molar-refractivity contribution in [1.82, 2.24) is 15.6 Å². The number of carboxylic acid groups (broad SMARTS) is 1. The molecule has 2 rings (SSSR count). The summed E-state index contributed by atoms with van der Waals surface area (Å²) in [5.41, 5.74) is 0.984. The second-order valence-electron chi connectivity index (χ2n) is 4.39. The molecule has 0 aliphatic heterocycles. The number of carboxylic acids is 1. The Bertz CT molecular complexity index is 637. The molecule has 0 saturated heterocycles. The largest absolute Gasteiger partial charge is 0.478 e. The molecule has 0 aromatic carbocycles. The molecular formula is C14H15N3O4. The van der Waals surface area contributed by atoms with Crippen molar-refractivity contribution < 1.29 is 19.1 Å². The number of carbonyl (C=O) groups is 2. The summed E-state index contributed by atoms with van der Waals surface area (Å²) in [6.07, 6.45) is 3.32. The predicted molar refractivity (Wildman–Crippen MR) is 73.7 cm³/mol. The number of nitrogens with one attached hydrogen (secondary N) is 2. The molecule has 0 aliphatic carbocycles. The van der Waals surface area contributed by atoms with Crippen molar-refractivity contribution in [3.8, 4) is 0 Å². The van der Waals surface area contributed by atoms with E-state index in [0.29, 0.717) is 18.1 Å². The van der Waals surface area contributed by atoms with Gasteiger partial charge < -0.3 is 20.2 Å². The number of aromatic nitrogens is 1. The highest BCUT2D eigenvalue weighted by Crippen LogP contribution is 2.14. The molecule has 110 valence electrons. The number of furan rings is 1. The number of hydrogen-bond donors (Lipinski definition) is 3. The van der Waals surface area contributed by atoms with Gasteiger partial charge in [-0.2, -0.15) is 0 Å². The summed E-state index contributed by atoms with van der Waals surface area (Å²) in [6.45, 7) is 2.04. The average Bonchev–Trinajstić information content (AvgIpc) is 2.85. The van der Waals surface area contributed by atoms with Crippen LogP contribution in [0.1, 0.15) is 27.4 Å². The number of pyridine rings is 1. The lowest BCUT2D eigenvalue weighted by atomic mass is 10.2. The molecule has 0 saturated carbocycles. The smallest absolute Gasteiger partial charge is 0.339 e. The third-order valence-electron chi connectivity index (χ3n) is 2.80. The fourth-order valence-electron chi connectivity index (χ4n) is 1.76. The van der Waals surface area contributed by atoms with Gasteiger partial charge in [0.25, 0.3) is 0 Å². The van der Waals surface area contributed by atoms with Crippen LogP contribution < -0.4 is 10.6 Å². The van der Waals surface area contributed by atoms with E-state index in [2.05, 4.69) is 15.6 Å². The van der Waals surface area contributed by atoms with Crippen molar-refractivity contribution in [3.05, 3.63) is 53.2 Å². The molecule has 0 aliphatic rings. The molecule has 2 aromatic heterocycles. The third-order valence-corrected chi connectivity index (χ3v) is 2.80. The van der Waals surface area contributed by atoms with Gasteiger partial charge in [-0.05, 0) is 24.6 Å². The van der Waals surface area contributed by atoms with E-state index in [1.54, 1.807) is 25.4 Å². The second-order valence-corrected chi connectivity index (χ2v) is 4.39. The summed E-state index contributed by atoms with van der Waals surface area (Å²) in [6, 6.07) is 4.67. The van der Waals surface area contributed by atoms with Gasteiger partial charge in [0, 0.05) is 18.9 Å². The molecular weight excluding hydrogens is 274 g/mol. The summed E-state index contributed by atoms with van der Waals surface area (Å²) in [7, 11) is 0. The maximum atomic E-state index is 11.6. The molecule has 0 unspecified atom stereocenters. The number of nitrogens with zero attached hydrogens (tertiary/aromatic N) is 1. The third kappa shape index (κ3) is 4.07. The number of rotatable bonds is 5. The zero-order chi connectivity index (χ0) is 15.2. The Hall–Kier alpha value is -2.83. The fraction of sp³-hybridized carbons (Fsp3) is 0.214. The molecule has 21 heavy (non-hydrogen) atoms. The summed E-state index contributed by atoms with van der Waals surface area (Å²) in [5, 5.41) is 14.2. The number of urea groups is 1. The van der Waals surface area contributed by atoms with Crippen LogP contribution in [0.25, 0.3) is 0 Å². The zero-order valence-electron chi connectivity index (χ0n) is 11.4. The van der Waals surface area contributed by atoms with Gasteiger partial charge in [0.15, 0.2) is 0 Å². The Kier molecular flexibility index (Phi) is 4.55. The van der Waals surface area contributed by atoms with Crippen LogP contribution in [-0.2, 0) is 13.1 Å². The van der Waals surface area contributed by atoms with E-state index in [0.717, 1.165) is 5.56 Å². The summed E-state index contributed by atoms with van der Waals surface area (Å²) >= 11 is 0. The minimum absolute atomic E-state index is 0.0996. The quantitative estimate of drug-likeness (QED) is 0.776. The van der Waals surface area contributed by atoms with Crippen molar-refractivity contribution >= 4 is 12.0 Å². The van der Waals surface area contributed by atoms with E-state index in [-0.39, 0.29) is 18.1 Å². The lowest BCUT2D eigenvalue weighted by Crippen LogP contribution is -2.34. The first-order chi connectivity index (χ1) is 10.1. The van der Waals surface area contributed by atoms with E-state index in [4.69, 9.17) is 9.52 Å². The molecule has 7 nitrogen and oxygen atoms in total. The number of aryl methyl sites for hydroxylation is 1. The molecule has 0 atom stereocenters. The predicted octanol–water partition coefficient (Wildman–Crippen LogP) is 1.68. The van der Waals surface area contributed by atoms with E-state index in [1.807, 2.05) is 6.07 Å². The van der Waals surface area contributed by atoms with Crippen LogP contribution in [0.3, 0.4) is 0 Å². The fourth-order valence-corrected chi connectivity index (χ4v) is 1.76. The summed E-state index contributed by atoms with van der Waals surface area (Å²) in [5.74, 6) is -0.347. The lowest BCUT2D eigenvalue weighted by Gasteiger charge is -2.06. The molecule has 0 radical (unpaired) electrons. The first-order valence-corrected chi connectivity index (χ1v) is 6.29. The molecule has 2 aromatic rings. The van der Waals surface area contributed by atoms with Crippen LogP contribution in [-0.4, -0.2) is 22.1 Å². The van der Waals surface area contributed by atoms with Gasteiger partial charge in [-0.3, -0.25) is 4.98 Å². The monoisotopic (exact) mass is 289 g/mol. The van der Waals surface area contributed by atoms with Gasteiger partial charge >= 0.3 is 12.0 Å². The number of carbonyl (C=O) groups excluding carboxylic acids is 1. The van der Waals surface area contributed by atoms with Gasteiger partial charge in [-0.15, -0.1) is 0 Å². The number of amides is 2. The Labute approximate surface area is 121 Å². The maximum absolute atomic E-state index is 11.6. The summed E-state index contributed by atoms with van der Waals surface area (Å²) < 4.78 is 5.26. The Balaban J connectivity index is 1.81. The molecule has 0 spiro atoms. The topological polar surface area (TPSA) is 104 Å². The van der Waals surface area contributed by atoms with Crippen LogP contribution in [0.4, 0.5) is 4.79 Å². The van der Waals surface area contributed by atoms with Gasteiger partial charge in [0.2, 0.25) is 0 Å². The molecule has 2 heterocycles. The molecule has 0 bridgehead atoms.